The number of anilines is 1. The van der Waals surface area contributed by atoms with Gasteiger partial charge in [-0.15, -0.1) is 0 Å². The van der Waals surface area contributed by atoms with E-state index in [4.69, 9.17) is 16.3 Å². The number of amides is 1. The quantitative estimate of drug-likeness (QED) is 0.645. The lowest BCUT2D eigenvalue weighted by Gasteiger charge is -2.14. The third-order valence-corrected chi connectivity index (χ3v) is 4.34. The number of esters is 1. The van der Waals surface area contributed by atoms with Crippen molar-refractivity contribution >= 4 is 39.9 Å². The molecule has 0 spiro atoms. The fourth-order valence-corrected chi connectivity index (χ4v) is 2.85. The molecule has 27 heavy (non-hydrogen) atoms. The maximum absolute atomic E-state index is 13.1. The van der Waals surface area contributed by atoms with E-state index in [0.29, 0.717) is 0 Å². The van der Waals surface area contributed by atoms with E-state index in [-0.39, 0.29) is 17.1 Å². The van der Waals surface area contributed by atoms with Crippen molar-refractivity contribution in [3.8, 4) is 0 Å². The van der Waals surface area contributed by atoms with E-state index < -0.39 is 23.8 Å². The molecule has 0 saturated carbocycles. The zero-order valence-corrected chi connectivity index (χ0v) is 15.3. The van der Waals surface area contributed by atoms with Gasteiger partial charge in [-0.2, -0.15) is 0 Å². The van der Waals surface area contributed by atoms with Crippen molar-refractivity contribution in [1.82, 2.24) is 0 Å². The minimum Gasteiger partial charge on any atom is -0.452 e. The zero-order chi connectivity index (χ0) is 19.4. The van der Waals surface area contributed by atoms with E-state index in [1.54, 1.807) is 0 Å². The Bertz CT molecular complexity index is 1010. The van der Waals surface area contributed by atoms with Gasteiger partial charge < -0.3 is 10.1 Å². The fraction of sp³-hybridized carbons (Fsp3) is 0.143. The first-order valence-electron chi connectivity index (χ1n) is 8.35. The third-order valence-electron chi connectivity index (χ3n) is 4.03. The Morgan fingerprint density at radius 3 is 2.56 bits per heavy atom. The molecule has 1 amide bonds. The van der Waals surface area contributed by atoms with Gasteiger partial charge in [-0.3, -0.25) is 9.59 Å². The molecule has 3 aromatic carbocycles. The molecule has 0 bridgehead atoms. The lowest BCUT2D eigenvalue weighted by molar-refractivity contribution is -0.152. The van der Waals surface area contributed by atoms with Crippen LogP contribution in [0.2, 0.25) is 5.02 Å². The van der Waals surface area contributed by atoms with Gasteiger partial charge in [0.05, 0.1) is 17.1 Å². The highest BCUT2D eigenvalue weighted by molar-refractivity contribution is 6.33. The number of fused-ring (bicyclic) bond motifs is 1. The van der Waals surface area contributed by atoms with Crippen LogP contribution in [-0.2, 0) is 20.7 Å². The van der Waals surface area contributed by atoms with Gasteiger partial charge >= 0.3 is 5.97 Å². The summed E-state index contributed by atoms with van der Waals surface area (Å²) in [5.41, 5.74) is 1.05. The first kappa shape index (κ1) is 18.9. The van der Waals surface area contributed by atoms with Crippen LogP contribution in [0.5, 0.6) is 0 Å². The summed E-state index contributed by atoms with van der Waals surface area (Å²) in [4.78, 5) is 24.3. The summed E-state index contributed by atoms with van der Waals surface area (Å²) in [7, 11) is 0. The Morgan fingerprint density at radius 2 is 1.81 bits per heavy atom. The number of ether oxygens (including phenoxy) is 1. The number of benzene rings is 3. The number of nitrogens with one attached hydrogen (secondary N) is 1. The van der Waals surface area contributed by atoms with E-state index in [0.717, 1.165) is 22.4 Å². The predicted molar refractivity (Wildman–Crippen MR) is 103 cm³/mol. The highest BCUT2D eigenvalue weighted by atomic mass is 35.5. The molecule has 0 radical (unpaired) electrons. The third kappa shape index (κ3) is 4.83. The number of hydrogen-bond acceptors (Lipinski definition) is 3. The molecule has 1 atom stereocenters. The smallest absolute Gasteiger partial charge is 0.311 e. The summed E-state index contributed by atoms with van der Waals surface area (Å²) in [5, 5.41) is 4.69. The highest BCUT2D eigenvalue weighted by Crippen LogP contribution is 2.22. The number of hydrogen-bond donors (Lipinski definition) is 1. The number of rotatable bonds is 5. The van der Waals surface area contributed by atoms with Crippen LogP contribution < -0.4 is 5.32 Å². The monoisotopic (exact) mass is 385 g/mol. The summed E-state index contributed by atoms with van der Waals surface area (Å²) >= 11 is 5.88. The first-order chi connectivity index (χ1) is 12.9. The average Bonchev–Trinajstić information content (AvgIpc) is 2.63. The molecule has 3 aromatic rings. The summed E-state index contributed by atoms with van der Waals surface area (Å²) in [6, 6.07) is 17.2. The summed E-state index contributed by atoms with van der Waals surface area (Å²) in [5.74, 6) is -1.57. The van der Waals surface area contributed by atoms with Crippen molar-refractivity contribution in [1.29, 1.82) is 0 Å². The van der Waals surface area contributed by atoms with Crippen LogP contribution >= 0.6 is 11.6 Å². The van der Waals surface area contributed by atoms with Crippen molar-refractivity contribution < 1.29 is 18.7 Å². The molecule has 0 heterocycles. The highest BCUT2D eigenvalue weighted by Gasteiger charge is 2.19. The summed E-state index contributed by atoms with van der Waals surface area (Å²) in [6.07, 6.45) is -0.959. The second kappa shape index (κ2) is 8.18. The Hall–Kier alpha value is -2.92. The maximum Gasteiger partial charge on any atom is 0.311 e. The van der Waals surface area contributed by atoms with E-state index in [9.17, 15) is 14.0 Å². The second-order valence-corrected chi connectivity index (χ2v) is 6.51. The molecule has 0 unspecified atom stereocenters. The molecular formula is C21H17ClFNO3. The molecule has 6 heteroatoms. The number of carbonyl (C=O) groups excluding carboxylic acids is 2. The SMILES string of the molecule is C[C@@H](OC(=O)Cc1ccc2ccccc2c1)C(=O)Nc1ccc(F)cc1Cl. The minimum atomic E-state index is -1.01. The van der Waals surface area contributed by atoms with Crippen molar-refractivity contribution in [2.45, 2.75) is 19.4 Å². The average molecular weight is 386 g/mol. The van der Waals surface area contributed by atoms with Crippen molar-refractivity contribution in [2.75, 3.05) is 5.32 Å². The fourth-order valence-electron chi connectivity index (χ4n) is 2.63. The minimum absolute atomic E-state index is 0.0553. The molecule has 0 aliphatic carbocycles. The Balaban J connectivity index is 1.59. The van der Waals surface area contributed by atoms with E-state index in [1.807, 2.05) is 42.5 Å². The summed E-state index contributed by atoms with van der Waals surface area (Å²) in [6.45, 7) is 1.46. The summed E-state index contributed by atoms with van der Waals surface area (Å²) < 4.78 is 18.2. The van der Waals surface area contributed by atoms with Crippen LogP contribution in [0, 0.1) is 5.82 Å². The lowest BCUT2D eigenvalue weighted by atomic mass is 10.1. The Kier molecular flexibility index (Phi) is 5.72. The zero-order valence-electron chi connectivity index (χ0n) is 14.5. The van der Waals surface area contributed by atoms with Gasteiger partial charge in [0, 0.05) is 0 Å². The van der Waals surface area contributed by atoms with Gasteiger partial charge in [-0.25, -0.2) is 4.39 Å². The van der Waals surface area contributed by atoms with Gasteiger partial charge in [0.1, 0.15) is 5.82 Å². The lowest BCUT2D eigenvalue weighted by Crippen LogP contribution is -2.30. The molecule has 138 valence electrons. The van der Waals surface area contributed by atoms with Crippen LogP contribution in [0.15, 0.2) is 60.7 Å². The maximum atomic E-state index is 13.1. The molecule has 0 aliphatic heterocycles. The van der Waals surface area contributed by atoms with Gasteiger partial charge in [0.2, 0.25) is 0 Å². The van der Waals surface area contributed by atoms with Crippen LogP contribution in [0.1, 0.15) is 12.5 Å². The number of carbonyl (C=O) groups is 2. The number of halogens is 2. The predicted octanol–water partition coefficient (Wildman–Crippen LogP) is 4.75. The molecular weight excluding hydrogens is 369 g/mol. The van der Waals surface area contributed by atoms with Crippen LogP contribution in [0.25, 0.3) is 10.8 Å². The normalized spacial score (nSPS) is 11.8. The molecule has 0 aromatic heterocycles. The molecule has 4 nitrogen and oxygen atoms in total. The Morgan fingerprint density at radius 1 is 1.07 bits per heavy atom. The standard InChI is InChI=1S/C21H17ClFNO3/c1-13(21(26)24-19-9-8-17(23)12-18(19)22)27-20(25)11-14-6-7-15-4-2-3-5-16(15)10-14/h2-10,12-13H,11H2,1H3,(H,24,26)/t13-/m1/s1. The van der Waals surface area contributed by atoms with E-state index in [2.05, 4.69) is 5.32 Å². The first-order valence-corrected chi connectivity index (χ1v) is 8.73. The van der Waals surface area contributed by atoms with Crippen molar-refractivity contribution in [2.24, 2.45) is 0 Å². The van der Waals surface area contributed by atoms with E-state index >= 15 is 0 Å². The van der Waals surface area contributed by atoms with Gasteiger partial charge in [-0.1, -0.05) is 54.1 Å². The van der Waals surface area contributed by atoms with Crippen LogP contribution in [0.3, 0.4) is 0 Å². The molecule has 3 rings (SSSR count). The second-order valence-electron chi connectivity index (χ2n) is 6.10. The molecule has 0 aliphatic rings. The topological polar surface area (TPSA) is 55.4 Å². The van der Waals surface area contributed by atoms with Gasteiger partial charge in [0.25, 0.3) is 5.91 Å². The van der Waals surface area contributed by atoms with Gasteiger partial charge in [-0.05, 0) is 41.5 Å². The molecule has 0 fully saturated rings. The largest absolute Gasteiger partial charge is 0.452 e. The van der Waals surface area contributed by atoms with Crippen molar-refractivity contribution in [3.63, 3.8) is 0 Å². The Labute approximate surface area is 160 Å². The van der Waals surface area contributed by atoms with Crippen molar-refractivity contribution in [3.05, 3.63) is 77.1 Å². The van der Waals surface area contributed by atoms with E-state index in [1.165, 1.54) is 19.1 Å². The molecule has 0 saturated heterocycles. The molecule has 1 N–H and O–H groups in total. The van der Waals surface area contributed by atoms with Crippen LogP contribution in [-0.4, -0.2) is 18.0 Å². The van der Waals surface area contributed by atoms with Crippen LogP contribution in [0.4, 0.5) is 10.1 Å². The van der Waals surface area contributed by atoms with Gasteiger partial charge in [0.15, 0.2) is 6.10 Å².